The lowest BCUT2D eigenvalue weighted by Gasteiger charge is -2.28. The Balaban J connectivity index is 2.26. The van der Waals surface area contributed by atoms with E-state index in [2.05, 4.69) is 36.1 Å². The Hall–Kier alpha value is -1.53. The predicted molar refractivity (Wildman–Crippen MR) is 74.3 cm³/mol. The Morgan fingerprint density at radius 2 is 2.17 bits per heavy atom. The molecule has 0 amide bonds. The molecule has 18 heavy (non-hydrogen) atoms. The third kappa shape index (κ3) is 2.83. The van der Waals surface area contributed by atoms with Crippen molar-refractivity contribution in [3.8, 4) is 6.07 Å². The van der Waals surface area contributed by atoms with E-state index in [0.29, 0.717) is 12.5 Å². The van der Waals surface area contributed by atoms with Gasteiger partial charge in [0.05, 0.1) is 12.5 Å². The van der Waals surface area contributed by atoms with Gasteiger partial charge in [-0.1, -0.05) is 25.1 Å². The van der Waals surface area contributed by atoms with Crippen LogP contribution in [0.3, 0.4) is 0 Å². The van der Waals surface area contributed by atoms with Crippen molar-refractivity contribution in [3.05, 3.63) is 29.8 Å². The summed E-state index contributed by atoms with van der Waals surface area (Å²) < 4.78 is 0. The first kappa shape index (κ1) is 12.9. The fraction of sp³-hybridized carbons (Fsp3) is 0.533. The summed E-state index contributed by atoms with van der Waals surface area (Å²) in [5.41, 5.74) is 8.63. The first-order valence-electron chi connectivity index (χ1n) is 6.76. The molecule has 0 spiro atoms. The summed E-state index contributed by atoms with van der Waals surface area (Å²) in [6, 6.07) is 11.3. The Morgan fingerprint density at radius 3 is 2.78 bits per heavy atom. The molecule has 1 atom stereocenters. The van der Waals surface area contributed by atoms with Gasteiger partial charge in [-0.25, -0.2) is 0 Å². The predicted octanol–water partition coefficient (Wildman–Crippen LogP) is 2.98. The number of nitriles is 1. The molecular formula is C15H21N3. The summed E-state index contributed by atoms with van der Waals surface area (Å²) in [6.45, 7) is 2.92. The number of hydrogen-bond acceptors (Lipinski definition) is 3. The molecule has 1 aliphatic rings. The highest BCUT2D eigenvalue weighted by Crippen LogP contribution is 2.35. The minimum Gasteiger partial charge on any atom is -0.367 e. The average Bonchev–Trinajstić information content (AvgIpc) is 3.23. The van der Waals surface area contributed by atoms with Gasteiger partial charge < -0.3 is 10.6 Å². The van der Waals surface area contributed by atoms with Crippen molar-refractivity contribution in [2.75, 3.05) is 11.4 Å². The van der Waals surface area contributed by atoms with E-state index in [-0.39, 0.29) is 6.04 Å². The maximum absolute atomic E-state index is 8.79. The highest BCUT2D eigenvalue weighted by Gasteiger charge is 2.30. The molecule has 1 fully saturated rings. The summed E-state index contributed by atoms with van der Waals surface area (Å²) in [5, 5.41) is 8.79. The number of anilines is 1. The van der Waals surface area contributed by atoms with Crippen molar-refractivity contribution < 1.29 is 0 Å². The number of nitrogens with two attached hydrogens (primary N) is 1. The maximum atomic E-state index is 8.79. The van der Waals surface area contributed by atoms with E-state index in [9.17, 15) is 0 Å². The number of rotatable bonds is 6. The zero-order valence-corrected chi connectivity index (χ0v) is 11.0. The third-order valence-electron chi connectivity index (χ3n) is 3.54. The molecule has 0 aromatic heterocycles. The first-order chi connectivity index (χ1) is 8.77. The molecule has 0 unspecified atom stereocenters. The van der Waals surface area contributed by atoms with E-state index in [0.717, 1.165) is 13.0 Å². The molecule has 1 saturated carbocycles. The fourth-order valence-electron chi connectivity index (χ4n) is 2.34. The number of benzene rings is 1. The molecule has 2 N–H and O–H groups in total. The molecule has 2 rings (SSSR count). The Morgan fingerprint density at radius 1 is 1.44 bits per heavy atom. The molecule has 0 bridgehead atoms. The lowest BCUT2D eigenvalue weighted by Crippen LogP contribution is -2.28. The minimum atomic E-state index is 0.0875. The monoisotopic (exact) mass is 243 g/mol. The van der Waals surface area contributed by atoms with Gasteiger partial charge in [0.25, 0.3) is 0 Å². The lowest BCUT2D eigenvalue weighted by atomic mass is 10.0. The molecule has 1 aromatic rings. The van der Waals surface area contributed by atoms with Crippen molar-refractivity contribution in [3.63, 3.8) is 0 Å². The van der Waals surface area contributed by atoms with Gasteiger partial charge in [0.2, 0.25) is 0 Å². The van der Waals surface area contributed by atoms with Crippen LogP contribution in [-0.2, 0) is 0 Å². The van der Waals surface area contributed by atoms with Crippen molar-refractivity contribution >= 4 is 5.69 Å². The summed E-state index contributed by atoms with van der Waals surface area (Å²) in [4.78, 5) is 2.37. The van der Waals surface area contributed by atoms with E-state index < -0.39 is 0 Å². The Bertz CT molecular complexity index is 432. The first-order valence-corrected chi connectivity index (χ1v) is 6.76. The largest absolute Gasteiger partial charge is 0.367 e. The molecule has 96 valence electrons. The van der Waals surface area contributed by atoms with E-state index in [1.807, 2.05) is 6.07 Å². The van der Waals surface area contributed by atoms with Gasteiger partial charge in [0, 0.05) is 24.3 Å². The van der Waals surface area contributed by atoms with Crippen LogP contribution < -0.4 is 10.6 Å². The highest BCUT2D eigenvalue weighted by molar-refractivity contribution is 5.56. The maximum Gasteiger partial charge on any atom is 0.0640 e. The molecular weight excluding hydrogens is 222 g/mol. The van der Waals surface area contributed by atoms with Gasteiger partial charge in [-0.05, 0) is 30.9 Å². The van der Waals surface area contributed by atoms with Crippen molar-refractivity contribution in [1.82, 2.24) is 0 Å². The molecule has 3 heteroatoms. The molecule has 1 aromatic carbocycles. The molecule has 0 radical (unpaired) electrons. The summed E-state index contributed by atoms with van der Waals surface area (Å²) in [6.07, 6.45) is 3.99. The van der Waals surface area contributed by atoms with E-state index in [4.69, 9.17) is 11.0 Å². The van der Waals surface area contributed by atoms with E-state index in [1.54, 1.807) is 0 Å². The van der Waals surface area contributed by atoms with Gasteiger partial charge in [-0.15, -0.1) is 0 Å². The van der Waals surface area contributed by atoms with Crippen LogP contribution in [0.2, 0.25) is 0 Å². The average molecular weight is 243 g/mol. The molecule has 3 nitrogen and oxygen atoms in total. The minimum absolute atomic E-state index is 0.0875. The lowest BCUT2D eigenvalue weighted by molar-refractivity contribution is 0.687. The van der Waals surface area contributed by atoms with Crippen molar-refractivity contribution in [2.45, 2.75) is 44.7 Å². The van der Waals surface area contributed by atoms with E-state index in [1.165, 1.54) is 24.1 Å². The van der Waals surface area contributed by atoms with Crippen LogP contribution in [0.25, 0.3) is 0 Å². The summed E-state index contributed by atoms with van der Waals surface area (Å²) >= 11 is 0. The van der Waals surface area contributed by atoms with Crippen LogP contribution in [0.15, 0.2) is 24.3 Å². The zero-order valence-electron chi connectivity index (χ0n) is 11.0. The van der Waals surface area contributed by atoms with E-state index >= 15 is 0 Å². The van der Waals surface area contributed by atoms with Crippen molar-refractivity contribution in [1.29, 1.82) is 5.26 Å². The quantitative estimate of drug-likeness (QED) is 0.835. The van der Waals surface area contributed by atoms with Gasteiger partial charge in [-0.2, -0.15) is 5.26 Å². The highest BCUT2D eigenvalue weighted by atomic mass is 15.2. The normalized spacial score (nSPS) is 16.1. The smallest absolute Gasteiger partial charge is 0.0640 e. The van der Waals surface area contributed by atoms with Gasteiger partial charge in [-0.3, -0.25) is 0 Å². The number of nitrogens with zero attached hydrogens (tertiary/aromatic N) is 2. The topological polar surface area (TPSA) is 53.0 Å². The van der Waals surface area contributed by atoms with Crippen LogP contribution in [0.5, 0.6) is 0 Å². The summed E-state index contributed by atoms with van der Waals surface area (Å²) in [5.74, 6) is 0. The molecule has 0 heterocycles. The van der Waals surface area contributed by atoms with Crippen molar-refractivity contribution in [2.24, 2.45) is 5.73 Å². The van der Waals surface area contributed by atoms with Gasteiger partial charge in [0.15, 0.2) is 0 Å². The van der Waals surface area contributed by atoms with Crippen LogP contribution in [0, 0.1) is 11.3 Å². The second kappa shape index (κ2) is 5.88. The summed E-state index contributed by atoms with van der Waals surface area (Å²) in [7, 11) is 0. The number of para-hydroxylation sites is 1. The SMILES string of the molecule is CC[C@@H](N)c1ccccc1N(CCC#N)C1CC1. The zero-order chi connectivity index (χ0) is 13.0. The molecule has 0 saturated heterocycles. The Labute approximate surface area is 109 Å². The molecule has 1 aliphatic carbocycles. The van der Waals surface area contributed by atoms with Gasteiger partial charge in [0.1, 0.15) is 0 Å². The van der Waals surface area contributed by atoms with Crippen LogP contribution in [-0.4, -0.2) is 12.6 Å². The van der Waals surface area contributed by atoms with Gasteiger partial charge >= 0.3 is 0 Å². The van der Waals surface area contributed by atoms with Crippen LogP contribution in [0.1, 0.15) is 44.2 Å². The van der Waals surface area contributed by atoms with Crippen LogP contribution in [0.4, 0.5) is 5.69 Å². The fourth-order valence-corrected chi connectivity index (χ4v) is 2.34. The standard InChI is InChI=1S/C15H21N3/c1-2-14(17)13-6-3-4-7-15(13)18(11-5-10-16)12-8-9-12/h3-4,6-7,12,14H,2,5,8-9,11,17H2,1H3/t14-/m1/s1. The second-order valence-electron chi connectivity index (χ2n) is 4.91. The second-order valence-corrected chi connectivity index (χ2v) is 4.91. The third-order valence-corrected chi connectivity index (χ3v) is 3.54. The molecule has 0 aliphatic heterocycles. The number of hydrogen-bond donors (Lipinski definition) is 1. The Kier molecular flexibility index (Phi) is 4.22. The van der Waals surface area contributed by atoms with Crippen LogP contribution >= 0.6 is 0 Å².